The van der Waals surface area contributed by atoms with Crippen molar-refractivity contribution in [2.75, 3.05) is 0 Å². The van der Waals surface area contributed by atoms with E-state index in [4.69, 9.17) is 0 Å². The maximum atomic E-state index is 2.43. The van der Waals surface area contributed by atoms with Crippen LogP contribution in [0.5, 0.6) is 0 Å². The van der Waals surface area contributed by atoms with E-state index in [0.29, 0.717) is 0 Å². The lowest BCUT2D eigenvalue weighted by molar-refractivity contribution is 1.19. The van der Waals surface area contributed by atoms with E-state index in [2.05, 4.69) is 168 Å². The molecule has 3 aromatic heterocycles. The van der Waals surface area contributed by atoms with Crippen molar-refractivity contribution < 1.29 is 0 Å². The molecule has 0 unspecified atom stereocenters. The minimum absolute atomic E-state index is 1.19. The lowest BCUT2D eigenvalue weighted by Gasteiger charge is -2.09. The van der Waals surface area contributed by atoms with E-state index < -0.39 is 0 Å². The van der Waals surface area contributed by atoms with Gasteiger partial charge in [-0.05, 0) is 75.8 Å². The van der Waals surface area contributed by atoms with Gasteiger partial charge in [0.25, 0.3) is 0 Å². The third kappa shape index (κ3) is 4.28. The fourth-order valence-corrected chi connectivity index (χ4v) is 9.50. The molecule has 0 spiro atoms. The summed E-state index contributed by atoms with van der Waals surface area (Å²) in [6.07, 6.45) is 0. The average molecular weight is 634 g/mol. The van der Waals surface area contributed by atoms with Crippen molar-refractivity contribution in [2.45, 2.75) is 0 Å². The maximum absolute atomic E-state index is 2.43. The van der Waals surface area contributed by atoms with E-state index in [9.17, 15) is 0 Å². The van der Waals surface area contributed by atoms with Crippen LogP contribution < -0.4 is 0 Å². The number of aromatic nitrogens is 1. The van der Waals surface area contributed by atoms with Gasteiger partial charge in [0.2, 0.25) is 0 Å². The Morgan fingerprint density at radius 3 is 1.55 bits per heavy atom. The molecular weight excluding hydrogens is 607 g/mol. The van der Waals surface area contributed by atoms with Gasteiger partial charge in [-0.1, -0.05) is 121 Å². The number of fused-ring (bicyclic) bond motifs is 8. The minimum atomic E-state index is 1.19. The molecule has 0 atom stereocenters. The summed E-state index contributed by atoms with van der Waals surface area (Å²) in [5, 5.41) is 5.27. The number of hydrogen-bond donors (Lipinski definition) is 0. The molecule has 0 N–H and O–H groups in total. The summed E-state index contributed by atoms with van der Waals surface area (Å²) in [5.74, 6) is 0. The predicted molar refractivity (Wildman–Crippen MR) is 205 cm³/mol. The Morgan fingerprint density at radius 1 is 0.340 bits per heavy atom. The summed E-state index contributed by atoms with van der Waals surface area (Å²) in [6, 6.07) is 60.0. The zero-order valence-corrected chi connectivity index (χ0v) is 27.0. The first-order valence-electron chi connectivity index (χ1n) is 15.9. The molecule has 1 nitrogen and oxygen atoms in total. The summed E-state index contributed by atoms with van der Waals surface area (Å²) in [5.41, 5.74) is 11.2. The van der Waals surface area contributed by atoms with Gasteiger partial charge in [0.05, 0.1) is 15.7 Å². The molecule has 0 aliphatic heterocycles. The highest BCUT2D eigenvalue weighted by Gasteiger charge is 2.18. The molecule has 7 aromatic carbocycles. The van der Waals surface area contributed by atoms with Gasteiger partial charge in [-0.25, -0.2) is 0 Å². The van der Waals surface area contributed by atoms with Crippen molar-refractivity contribution in [1.82, 2.24) is 4.57 Å². The van der Waals surface area contributed by atoms with Crippen molar-refractivity contribution in [2.24, 2.45) is 0 Å². The Balaban J connectivity index is 1.03. The van der Waals surface area contributed by atoms with Crippen LogP contribution in [0.4, 0.5) is 0 Å². The van der Waals surface area contributed by atoms with Crippen LogP contribution in [0.3, 0.4) is 0 Å². The molecule has 0 fully saturated rings. The first-order chi connectivity index (χ1) is 23.3. The number of hydrogen-bond acceptors (Lipinski definition) is 2. The molecule has 3 heterocycles. The van der Waals surface area contributed by atoms with Crippen LogP contribution in [-0.2, 0) is 0 Å². The second kappa shape index (κ2) is 10.5. The molecule has 0 aliphatic carbocycles. The molecule has 0 aliphatic rings. The molecule has 47 heavy (non-hydrogen) atoms. The second-order valence-corrected chi connectivity index (χ2v) is 14.3. The van der Waals surface area contributed by atoms with Gasteiger partial charge >= 0.3 is 0 Å². The Hall–Kier alpha value is -5.48. The highest BCUT2D eigenvalue weighted by Crippen LogP contribution is 2.44. The average Bonchev–Trinajstić information content (AvgIpc) is 3.80. The minimum Gasteiger partial charge on any atom is -0.308 e. The SMILES string of the molecule is c1ccc(-c2ccc3c(c2)sc2cc(-c4ccc(-c5ccc6sc7c8ccccc8n(-c8ccccc8)c7c6c5)cc4)ccc23)cc1. The molecule has 10 rings (SSSR count). The smallest absolute Gasteiger partial charge is 0.0727 e. The standard InChI is InChI=1S/C44H27NS2/c1-3-9-28(10-4-1)32-19-22-35-36-23-20-33(27-42(36)46-41(35)26-32)30-17-15-29(16-18-30)31-21-24-40-38(25-31)43-44(47-40)37-13-7-8-14-39(37)45(43)34-11-5-2-6-12-34/h1-27H. The Bertz CT molecular complexity index is 2760. The number of para-hydroxylation sites is 2. The summed E-state index contributed by atoms with van der Waals surface area (Å²) in [7, 11) is 0. The summed E-state index contributed by atoms with van der Waals surface area (Å²) < 4.78 is 7.76. The van der Waals surface area contributed by atoms with E-state index >= 15 is 0 Å². The highest BCUT2D eigenvalue weighted by atomic mass is 32.1. The van der Waals surface area contributed by atoms with E-state index in [1.165, 1.54) is 90.4 Å². The van der Waals surface area contributed by atoms with E-state index in [-0.39, 0.29) is 0 Å². The normalized spacial score (nSPS) is 11.8. The van der Waals surface area contributed by atoms with E-state index in [1.54, 1.807) is 0 Å². The number of thiophene rings is 2. The van der Waals surface area contributed by atoms with Gasteiger partial charge in [-0.15, -0.1) is 22.7 Å². The third-order valence-electron chi connectivity index (χ3n) is 9.42. The van der Waals surface area contributed by atoms with E-state index in [0.717, 1.165) is 0 Å². The second-order valence-electron chi connectivity index (χ2n) is 12.1. The topological polar surface area (TPSA) is 4.93 Å². The molecule has 3 heteroatoms. The summed E-state index contributed by atoms with van der Waals surface area (Å²) in [6.45, 7) is 0. The van der Waals surface area contributed by atoms with Gasteiger partial charge in [-0.3, -0.25) is 0 Å². The highest BCUT2D eigenvalue weighted by molar-refractivity contribution is 7.27. The first kappa shape index (κ1) is 26.7. The first-order valence-corrected chi connectivity index (χ1v) is 17.6. The molecule has 0 saturated heterocycles. The van der Waals surface area contributed by atoms with Gasteiger partial charge < -0.3 is 4.57 Å². The predicted octanol–water partition coefficient (Wildman–Crippen LogP) is 13.4. The number of nitrogens with zero attached hydrogens (tertiary/aromatic N) is 1. The van der Waals surface area contributed by atoms with Gasteiger partial charge in [0.15, 0.2) is 0 Å². The number of rotatable bonds is 4. The largest absolute Gasteiger partial charge is 0.308 e. The monoisotopic (exact) mass is 633 g/mol. The zero-order valence-electron chi connectivity index (χ0n) is 25.4. The van der Waals surface area contributed by atoms with Gasteiger partial charge in [0, 0.05) is 41.3 Å². The Labute approximate surface area is 280 Å². The quantitative estimate of drug-likeness (QED) is 0.182. The van der Waals surface area contributed by atoms with E-state index in [1.807, 2.05) is 22.7 Å². The molecule has 0 radical (unpaired) electrons. The van der Waals surface area contributed by atoms with Crippen LogP contribution in [0.15, 0.2) is 164 Å². The van der Waals surface area contributed by atoms with Crippen LogP contribution in [-0.4, -0.2) is 4.57 Å². The molecule has 0 saturated carbocycles. The van der Waals surface area contributed by atoms with Crippen LogP contribution in [0.25, 0.3) is 90.4 Å². The van der Waals surface area contributed by atoms with Crippen LogP contribution >= 0.6 is 22.7 Å². The molecule has 0 amide bonds. The van der Waals surface area contributed by atoms with Gasteiger partial charge in [-0.2, -0.15) is 0 Å². The van der Waals surface area contributed by atoms with Crippen LogP contribution in [0, 0.1) is 0 Å². The van der Waals surface area contributed by atoms with Gasteiger partial charge in [0.1, 0.15) is 0 Å². The summed E-state index contributed by atoms with van der Waals surface area (Å²) >= 11 is 3.77. The fourth-order valence-electron chi connectivity index (χ4n) is 7.12. The lowest BCUT2D eigenvalue weighted by atomic mass is 9.98. The lowest BCUT2D eigenvalue weighted by Crippen LogP contribution is -1.92. The van der Waals surface area contributed by atoms with Crippen LogP contribution in [0.1, 0.15) is 0 Å². The molecule has 10 aromatic rings. The molecule has 220 valence electrons. The van der Waals surface area contributed by atoms with Crippen molar-refractivity contribution in [3.8, 4) is 39.1 Å². The zero-order chi connectivity index (χ0) is 30.9. The maximum Gasteiger partial charge on any atom is 0.0727 e. The van der Waals surface area contributed by atoms with Crippen LogP contribution in [0.2, 0.25) is 0 Å². The van der Waals surface area contributed by atoms with Crippen molar-refractivity contribution in [3.05, 3.63) is 164 Å². The Kier molecular flexibility index (Phi) is 5.98. The molecular formula is C44H27NS2. The van der Waals surface area contributed by atoms with Crippen molar-refractivity contribution >= 4 is 74.1 Å². The molecule has 0 bridgehead atoms. The van der Waals surface area contributed by atoms with Crippen molar-refractivity contribution in [3.63, 3.8) is 0 Å². The number of benzene rings is 7. The summed E-state index contributed by atoms with van der Waals surface area (Å²) in [4.78, 5) is 0. The van der Waals surface area contributed by atoms with Crippen molar-refractivity contribution in [1.29, 1.82) is 0 Å². The third-order valence-corrected chi connectivity index (χ3v) is 11.7. The Morgan fingerprint density at radius 2 is 0.872 bits per heavy atom. The fraction of sp³-hybridized carbons (Fsp3) is 0.